The first-order valence-electron chi connectivity index (χ1n) is 9.78. The number of amides is 1. The van der Waals surface area contributed by atoms with E-state index in [1.54, 1.807) is 6.92 Å². The van der Waals surface area contributed by atoms with Crippen LogP contribution in [0.3, 0.4) is 0 Å². The van der Waals surface area contributed by atoms with Crippen molar-refractivity contribution in [1.82, 2.24) is 15.6 Å². The Morgan fingerprint density at radius 2 is 1.39 bits per heavy atom. The summed E-state index contributed by atoms with van der Waals surface area (Å²) in [6.07, 6.45) is 0. The molecule has 1 heterocycles. The fraction of sp³-hybridized carbons (Fsp3) is 0.0400. The van der Waals surface area contributed by atoms with Crippen molar-refractivity contribution in [3.05, 3.63) is 112 Å². The smallest absolute Gasteiger partial charge is 0.267 e. The zero-order chi connectivity index (χ0) is 21.6. The van der Waals surface area contributed by atoms with Crippen LogP contribution in [0.15, 0.2) is 101 Å². The Morgan fingerprint density at radius 3 is 2.00 bits per heavy atom. The first-order chi connectivity index (χ1) is 15.1. The maximum Gasteiger partial charge on any atom is 0.277 e. The molecule has 0 aliphatic heterocycles. The Bertz CT molecular complexity index is 1280. The third-order valence-corrected chi connectivity index (χ3v) is 4.84. The Balaban J connectivity index is 1.82. The van der Waals surface area contributed by atoms with Crippen LogP contribution in [0.5, 0.6) is 0 Å². The van der Waals surface area contributed by atoms with Gasteiger partial charge in [0.15, 0.2) is 0 Å². The normalized spacial score (nSPS) is 11.2. The molecule has 0 aliphatic carbocycles. The first kappa shape index (κ1) is 20.0. The van der Waals surface area contributed by atoms with Crippen molar-refractivity contribution in [2.24, 2.45) is 5.10 Å². The first-order valence-corrected chi connectivity index (χ1v) is 9.78. The topological polar surface area (TPSA) is 87.2 Å². The standard InChI is InChI=1S/C25H20N4O2/c1-17(18-11-5-2-6-12-18)26-28-24(30)22-21(19-13-7-3-8-14-19)23(27-29-25(22)31)20-15-9-4-10-16-20/h2-16H,1H3,(H,28,30)(H,29,31)/b26-17+. The molecule has 0 saturated heterocycles. The zero-order valence-corrected chi connectivity index (χ0v) is 16.9. The van der Waals surface area contributed by atoms with Gasteiger partial charge >= 0.3 is 0 Å². The van der Waals surface area contributed by atoms with Crippen molar-refractivity contribution in [3.63, 3.8) is 0 Å². The Hall–Kier alpha value is -4.32. The molecule has 0 spiro atoms. The van der Waals surface area contributed by atoms with E-state index in [4.69, 9.17) is 0 Å². The Labute approximate surface area is 179 Å². The summed E-state index contributed by atoms with van der Waals surface area (Å²) < 4.78 is 0. The molecule has 2 N–H and O–H groups in total. The molecule has 152 valence electrons. The van der Waals surface area contributed by atoms with E-state index < -0.39 is 11.5 Å². The van der Waals surface area contributed by atoms with Crippen molar-refractivity contribution in [2.75, 3.05) is 0 Å². The van der Waals surface area contributed by atoms with Gasteiger partial charge in [-0.2, -0.15) is 10.2 Å². The van der Waals surface area contributed by atoms with Crippen LogP contribution in [0.25, 0.3) is 22.4 Å². The summed E-state index contributed by atoms with van der Waals surface area (Å²) in [7, 11) is 0. The van der Waals surface area contributed by atoms with Gasteiger partial charge in [-0.3, -0.25) is 9.59 Å². The summed E-state index contributed by atoms with van der Waals surface area (Å²) >= 11 is 0. The monoisotopic (exact) mass is 408 g/mol. The number of hydrogen-bond donors (Lipinski definition) is 2. The maximum absolute atomic E-state index is 13.1. The number of hydrazone groups is 1. The second-order valence-corrected chi connectivity index (χ2v) is 6.89. The number of benzene rings is 3. The number of nitrogens with one attached hydrogen (secondary N) is 2. The van der Waals surface area contributed by atoms with E-state index >= 15 is 0 Å². The number of hydrogen-bond acceptors (Lipinski definition) is 4. The molecule has 31 heavy (non-hydrogen) atoms. The molecule has 6 heteroatoms. The molecule has 1 aromatic heterocycles. The van der Waals surface area contributed by atoms with Crippen LogP contribution in [0.4, 0.5) is 0 Å². The van der Waals surface area contributed by atoms with E-state index in [0.717, 1.165) is 11.1 Å². The van der Waals surface area contributed by atoms with E-state index in [1.165, 1.54) is 0 Å². The highest BCUT2D eigenvalue weighted by Gasteiger charge is 2.22. The molecule has 0 unspecified atom stereocenters. The van der Waals surface area contributed by atoms with Crippen molar-refractivity contribution < 1.29 is 4.79 Å². The van der Waals surface area contributed by atoms with E-state index in [1.807, 2.05) is 91.0 Å². The minimum atomic E-state index is -0.602. The molecule has 3 aromatic carbocycles. The third-order valence-electron chi connectivity index (χ3n) is 4.84. The quantitative estimate of drug-likeness (QED) is 0.382. The summed E-state index contributed by atoms with van der Waals surface area (Å²) in [5.74, 6) is -0.602. The van der Waals surface area contributed by atoms with Gasteiger partial charge < -0.3 is 0 Å². The fourth-order valence-electron chi connectivity index (χ4n) is 3.29. The highest BCUT2D eigenvalue weighted by Crippen LogP contribution is 2.31. The van der Waals surface area contributed by atoms with Crippen LogP contribution in [-0.2, 0) is 0 Å². The molecule has 4 rings (SSSR count). The third kappa shape index (κ3) is 4.33. The van der Waals surface area contributed by atoms with Gasteiger partial charge in [0, 0.05) is 11.1 Å². The highest BCUT2D eigenvalue weighted by atomic mass is 16.2. The summed E-state index contributed by atoms with van der Waals surface area (Å²) in [5, 5.41) is 10.9. The van der Waals surface area contributed by atoms with Gasteiger partial charge in [-0.25, -0.2) is 10.5 Å². The van der Waals surface area contributed by atoms with E-state index in [0.29, 0.717) is 22.5 Å². The van der Waals surface area contributed by atoms with Crippen LogP contribution >= 0.6 is 0 Å². The molecule has 0 fully saturated rings. The summed E-state index contributed by atoms with van der Waals surface area (Å²) in [6.45, 7) is 1.79. The maximum atomic E-state index is 13.1. The number of carbonyl (C=O) groups is 1. The van der Waals surface area contributed by atoms with Gasteiger partial charge in [-0.05, 0) is 18.1 Å². The summed E-state index contributed by atoms with van der Waals surface area (Å²) in [4.78, 5) is 25.8. The lowest BCUT2D eigenvalue weighted by Gasteiger charge is -2.13. The molecular formula is C25H20N4O2. The predicted molar refractivity (Wildman–Crippen MR) is 122 cm³/mol. The summed E-state index contributed by atoms with van der Waals surface area (Å²) in [5.41, 5.74) is 5.89. The van der Waals surface area contributed by atoms with Crippen LogP contribution < -0.4 is 11.0 Å². The molecule has 4 aromatic rings. The van der Waals surface area contributed by atoms with Gasteiger partial charge in [0.1, 0.15) is 5.56 Å². The molecule has 0 atom stereocenters. The number of aromatic amines is 1. The fourth-order valence-corrected chi connectivity index (χ4v) is 3.29. The minimum absolute atomic E-state index is 0.0373. The average Bonchev–Trinajstić information content (AvgIpc) is 2.83. The van der Waals surface area contributed by atoms with Crippen molar-refractivity contribution in [2.45, 2.75) is 6.92 Å². The SMILES string of the molecule is C/C(=N\NC(=O)c1c(-c2ccccc2)c(-c2ccccc2)n[nH]c1=O)c1ccccc1. The Kier molecular flexibility index (Phi) is 5.80. The van der Waals surface area contributed by atoms with Gasteiger partial charge in [0.2, 0.25) is 0 Å². The zero-order valence-electron chi connectivity index (χ0n) is 16.9. The van der Waals surface area contributed by atoms with Crippen LogP contribution in [0, 0.1) is 0 Å². The van der Waals surface area contributed by atoms with Gasteiger partial charge in [-0.15, -0.1) is 0 Å². The molecular weight excluding hydrogens is 388 g/mol. The van der Waals surface area contributed by atoms with E-state index in [-0.39, 0.29) is 5.56 Å². The predicted octanol–water partition coefficient (Wildman–Crippen LogP) is 4.26. The minimum Gasteiger partial charge on any atom is -0.267 e. The average molecular weight is 408 g/mol. The second-order valence-electron chi connectivity index (χ2n) is 6.89. The lowest BCUT2D eigenvalue weighted by molar-refractivity contribution is 0.0954. The van der Waals surface area contributed by atoms with Crippen molar-refractivity contribution in [1.29, 1.82) is 0 Å². The van der Waals surface area contributed by atoms with Gasteiger partial charge in [0.05, 0.1) is 11.4 Å². The van der Waals surface area contributed by atoms with Gasteiger partial charge in [0.25, 0.3) is 11.5 Å². The number of rotatable bonds is 5. The van der Waals surface area contributed by atoms with E-state index in [9.17, 15) is 9.59 Å². The number of nitrogens with zero attached hydrogens (tertiary/aromatic N) is 2. The lowest BCUT2D eigenvalue weighted by atomic mass is 9.95. The van der Waals surface area contributed by atoms with Crippen molar-refractivity contribution >= 4 is 11.6 Å². The molecule has 6 nitrogen and oxygen atoms in total. The van der Waals surface area contributed by atoms with E-state index in [2.05, 4.69) is 20.7 Å². The van der Waals surface area contributed by atoms with Crippen LogP contribution in [0.2, 0.25) is 0 Å². The number of H-pyrrole nitrogens is 1. The highest BCUT2D eigenvalue weighted by molar-refractivity contribution is 6.05. The second kappa shape index (κ2) is 9.00. The largest absolute Gasteiger partial charge is 0.277 e. The van der Waals surface area contributed by atoms with Crippen LogP contribution in [0.1, 0.15) is 22.8 Å². The summed E-state index contributed by atoms with van der Waals surface area (Å²) in [6, 6.07) is 28.2. The lowest BCUT2D eigenvalue weighted by Crippen LogP contribution is -2.29. The molecule has 0 radical (unpaired) electrons. The number of carbonyl (C=O) groups excluding carboxylic acids is 1. The van der Waals surface area contributed by atoms with Crippen molar-refractivity contribution in [3.8, 4) is 22.4 Å². The molecule has 0 saturated carbocycles. The number of aromatic nitrogens is 2. The van der Waals surface area contributed by atoms with Crippen LogP contribution in [-0.4, -0.2) is 21.8 Å². The van der Waals surface area contributed by atoms with Gasteiger partial charge in [-0.1, -0.05) is 91.0 Å². The molecule has 1 amide bonds. The Morgan fingerprint density at radius 1 is 0.839 bits per heavy atom. The molecule has 0 bridgehead atoms. The molecule has 0 aliphatic rings.